The number of rotatable bonds is 0. The highest BCUT2D eigenvalue weighted by molar-refractivity contribution is 4.95. The lowest BCUT2D eigenvalue weighted by molar-refractivity contribution is 0.0955. The number of hydrogen-bond acceptors (Lipinski definition) is 1. The topological polar surface area (TPSA) is 12.0 Å². The van der Waals surface area contributed by atoms with Crippen molar-refractivity contribution in [1.82, 2.24) is 5.32 Å². The Kier molecular flexibility index (Phi) is 2.53. The predicted molar refractivity (Wildman–Crippen MR) is 59.2 cm³/mol. The highest BCUT2D eigenvalue weighted by Gasteiger charge is 2.38. The number of piperidine rings is 1. The van der Waals surface area contributed by atoms with Gasteiger partial charge in [-0.05, 0) is 43.9 Å². The lowest BCUT2D eigenvalue weighted by atomic mass is 9.69. The first-order valence-electron chi connectivity index (χ1n) is 6.69. The van der Waals surface area contributed by atoms with Crippen molar-refractivity contribution in [2.45, 2.75) is 69.9 Å². The van der Waals surface area contributed by atoms with Gasteiger partial charge in [0.1, 0.15) is 0 Å². The molecule has 1 heterocycles. The smallest absolute Gasteiger partial charge is 0.00981 e. The molecule has 3 rings (SSSR count). The molecule has 2 aliphatic carbocycles. The van der Waals surface area contributed by atoms with Crippen LogP contribution in [0.25, 0.3) is 0 Å². The van der Waals surface area contributed by atoms with Crippen LogP contribution in [0, 0.1) is 11.8 Å². The summed E-state index contributed by atoms with van der Waals surface area (Å²) in [5, 5.41) is 3.96. The summed E-state index contributed by atoms with van der Waals surface area (Å²) in [7, 11) is 0. The average Bonchev–Trinajstić information content (AvgIpc) is 2.26. The van der Waals surface area contributed by atoms with Crippen LogP contribution in [0.1, 0.15) is 57.8 Å². The lowest BCUT2D eigenvalue weighted by Gasteiger charge is -2.47. The molecule has 1 nitrogen and oxygen atoms in total. The molecule has 3 fully saturated rings. The van der Waals surface area contributed by atoms with Gasteiger partial charge in [0, 0.05) is 12.1 Å². The molecule has 80 valence electrons. The normalized spacial score (nSPS) is 48.0. The SMILES string of the molecule is C1CCC2NC3CCCCC3CC2C1. The predicted octanol–water partition coefficient (Wildman–Crippen LogP) is 3.10. The molecule has 0 aromatic rings. The Morgan fingerprint density at radius 1 is 0.643 bits per heavy atom. The van der Waals surface area contributed by atoms with Crippen LogP contribution in [0.15, 0.2) is 0 Å². The van der Waals surface area contributed by atoms with E-state index >= 15 is 0 Å². The summed E-state index contributed by atoms with van der Waals surface area (Å²) in [4.78, 5) is 0. The molecule has 1 saturated heterocycles. The third-order valence-electron chi connectivity index (χ3n) is 4.85. The molecule has 0 amide bonds. The summed E-state index contributed by atoms with van der Waals surface area (Å²) in [5.74, 6) is 2.09. The highest BCUT2D eigenvalue weighted by Crippen LogP contribution is 2.40. The molecule has 14 heavy (non-hydrogen) atoms. The Balaban J connectivity index is 1.68. The zero-order valence-corrected chi connectivity index (χ0v) is 9.17. The first-order chi connectivity index (χ1) is 6.93. The fraction of sp³-hybridized carbons (Fsp3) is 1.00. The zero-order valence-electron chi connectivity index (χ0n) is 9.17. The first-order valence-corrected chi connectivity index (χ1v) is 6.69. The molecule has 1 aliphatic heterocycles. The van der Waals surface area contributed by atoms with Crippen molar-refractivity contribution in [1.29, 1.82) is 0 Å². The third-order valence-corrected chi connectivity index (χ3v) is 4.85. The van der Waals surface area contributed by atoms with Gasteiger partial charge in [0.25, 0.3) is 0 Å². The second kappa shape index (κ2) is 3.84. The molecule has 0 spiro atoms. The van der Waals surface area contributed by atoms with Crippen molar-refractivity contribution in [2.24, 2.45) is 11.8 Å². The molecule has 2 saturated carbocycles. The Bertz CT molecular complexity index is 159. The Hall–Kier alpha value is -0.0400. The molecule has 1 N–H and O–H groups in total. The summed E-state index contributed by atoms with van der Waals surface area (Å²) >= 11 is 0. The van der Waals surface area contributed by atoms with Gasteiger partial charge in [-0.2, -0.15) is 0 Å². The fourth-order valence-electron chi connectivity index (χ4n) is 4.08. The van der Waals surface area contributed by atoms with Crippen LogP contribution in [0.3, 0.4) is 0 Å². The van der Waals surface area contributed by atoms with E-state index in [1.54, 1.807) is 6.42 Å². The summed E-state index contributed by atoms with van der Waals surface area (Å²) < 4.78 is 0. The van der Waals surface area contributed by atoms with Gasteiger partial charge >= 0.3 is 0 Å². The molecule has 0 bridgehead atoms. The van der Waals surface area contributed by atoms with Crippen LogP contribution in [0.2, 0.25) is 0 Å². The molecule has 4 atom stereocenters. The van der Waals surface area contributed by atoms with Crippen molar-refractivity contribution in [2.75, 3.05) is 0 Å². The van der Waals surface area contributed by atoms with Gasteiger partial charge in [-0.15, -0.1) is 0 Å². The molecule has 0 radical (unpaired) electrons. The molecule has 1 heteroatoms. The van der Waals surface area contributed by atoms with E-state index in [4.69, 9.17) is 0 Å². The second-order valence-corrected chi connectivity index (χ2v) is 5.70. The largest absolute Gasteiger partial charge is 0.311 e. The Labute approximate surface area is 87.7 Å². The van der Waals surface area contributed by atoms with E-state index in [1.165, 1.54) is 51.4 Å². The van der Waals surface area contributed by atoms with E-state index < -0.39 is 0 Å². The maximum atomic E-state index is 3.96. The van der Waals surface area contributed by atoms with E-state index in [9.17, 15) is 0 Å². The van der Waals surface area contributed by atoms with Crippen molar-refractivity contribution < 1.29 is 0 Å². The van der Waals surface area contributed by atoms with Crippen molar-refractivity contribution in [3.8, 4) is 0 Å². The van der Waals surface area contributed by atoms with Crippen molar-refractivity contribution in [3.05, 3.63) is 0 Å². The molecular formula is C13H23N. The van der Waals surface area contributed by atoms with E-state index in [0.29, 0.717) is 0 Å². The van der Waals surface area contributed by atoms with Crippen LogP contribution in [-0.2, 0) is 0 Å². The minimum atomic E-state index is 0.906. The van der Waals surface area contributed by atoms with Crippen LogP contribution in [0.5, 0.6) is 0 Å². The first kappa shape index (κ1) is 9.21. The van der Waals surface area contributed by atoms with Crippen LogP contribution in [-0.4, -0.2) is 12.1 Å². The standard InChI is InChI=1S/C13H23N/c1-3-7-12-10(5-1)9-11-6-2-4-8-13(11)14-12/h10-14H,1-9H2. The van der Waals surface area contributed by atoms with E-state index in [2.05, 4.69) is 5.32 Å². The average molecular weight is 193 g/mol. The van der Waals surface area contributed by atoms with Crippen molar-refractivity contribution in [3.63, 3.8) is 0 Å². The third kappa shape index (κ3) is 1.60. The Morgan fingerprint density at radius 2 is 1.14 bits per heavy atom. The van der Waals surface area contributed by atoms with Gasteiger partial charge in [0.05, 0.1) is 0 Å². The summed E-state index contributed by atoms with van der Waals surface area (Å²) in [6, 6.07) is 1.81. The van der Waals surface area contributed by atoms with E-state index in [1.807, 2.05) is 0 Å². The monoisotopic (exact) mass is 193 g/mol. The van der Waals surface area contributed by atoms with Crippen LogP contribution in [0.4, 0.5) is 0 Å². The summed E-state index contributed by atoms with van der Waals surface area (Å²) in [6.45, 7) is 0. The van der Waals surface area contributed by atoms with Gasteiger partial charge in [-0.25, -0.2) is 0 Å². The second-order valence-electron chi connectivity index (χ2n) is 5.70. The number of nitrogens with one attached hydrogen (secondary N) is 1. The minimum absolute atomic E-state index is 0.906. The van der Waals surface area contributed by atoms with Crippen LogP contribution >= 0.6 is 0 Å². The maximum absolute atomic E-state index is 3.96. The van der Waals surface area contributed by atoms with Gasteiger partial charge in [-0.1, -0.05) is 25.7 Å². The molecule has 4 unspecified atom stereocenters. The Morgan fingerprint density at radius 3 is 1.71 bits per heavy atom. The molecule has 0 aromatic heterocycles. The maximum Gasteiger partial charge on any atom is 0.00981 e. The quantitative estimate of drug-likeness (QED) is 0.623. The van der Waals surface area contributed by atoms with Crippen LogP contribution < -0.4 is 5.32 Å². The van der Waals surface area contributed by atoms with E-state index in [0.717, 1.165) is 23.9 Å². The number of fused-ring (bicyclic) bond motifs is 2. The zero-order chi connectivity index (χ0) is 9.38. The van der Waals surface area contributed by atoms with Gasteiger partial charge < -0.3 is 5.32 Å². The fourth-order valence-corrected chi connectivity index (χ4v) is 4.08. The van der Waals surface area contributed by atoms with Gasteiger partial charge in [-0.3, -0.25) is 0 Å². The van der Waals surface area contributed by atoms with E-state index in [-0.39, 0.29) is 0 Å². The summed E-state index contributed by atoms with van der Waals surface area (Å²) in [6.07, 6.45) is 13.5. The highest BCUT2D eigenvalue weighted by atomic mass is 15.0. The van der Waals surface area contributed by atoms with Gasteiger partial charge in [0.2, 0.25) is 0 Å². The minimum Gasteiger partial charge on any atom is -0.311 e. The number of hydrogen-bond donors (Lipinski definition) is 1. The molecule has 3 aliphatic rings. The molecular weight excluding hydrogens is 170 g/mol. The lowest BCUT2D eigenvalue weighted by Crippen LogP contribution is -2.54. The van der Waals surface area contributed by atoms with Crippen molar-refractivity contribution >= 4 is 0 Å². The summed E-state index contributed by atoms with van der Waals surface area (Å²) in [5.41, 5.74) is 0. The molecule has 0 aromatic carbocycles. The van der Waals surface area contributed by atoms with Gasteiger partial charge in [0.15, 0.2) is 0 Å².